The Morgan fingerprint density at radius 2 is 0.940 bits per heavy atom. The summed E-state index contributed by atoms with van der Waals surface area (Å²) in [5.41, 5.74) is 13.3. The van der Waals surface area contributed by atoms with Gasteiger partial charge in [0.05, 0.1) is 5.41 Å². The predicted octanol–water partition coefficient (Wildman–Crippen LogP) is 13.0. The number of hydrogen-bond donors (Lipinski definition) is 1. The van der Waals surface area contributed by atoms with Crippen LogP contribution in [0, 0.1) is 0 Å². The first-order valence-electron chi connectivity index (χ1n) is 17.0. The lowest BCUT2D eigenvalue weighted by Gasteiger charge is -2.39. The molecule has 1 spiro atoms. The van der Waals surface area contributed by atoms with E-state index in [1.807, 2.05) is 19.9 Å². The van der Waals surface area contributed by atoms with Gasteiger partial charge in [0.1, 0.15) is 11.5 Å². The van der Waals surface area contributed by atoms with Crippen molar-refractivity contribution in [1.29, 1.82) is 0 Å². The largest absolute Gasteiger partial charge is 0.457 e. The molecule has 0 saturated carbocycles. The molecule has 0 radical (unpaired) electrons. The Bertz CT molecular complexity index is 2220. The van der Waals surface area contributed by atoms with E-state index in [-0.39, 0.29) is 0 Å². The van der Waals surface area contributed by atoms with E-state index in [1.165, 1.54) is 27.8 Å². The number of hydrogen-bond acceptors (Lipinski definition) is 3. The second-order valence-corrected chi connectivity index (χ2v) is 13.0. The summed E-state index contributed by atoms with van der Waals surface area (Å²) in [6.45, 7) is 7.50. The van der Waals surface area contributed by atoms with E-state index < -0.39 is 5.41 Å². The van der Waals surface area contributed by atoms with Gasteiger partial charge in [0, 0.05) is 39.6 Å². The summed E-state index contributed by atoms with van der Waals surface area (Å²) in [4.78, 5) is 2.34. The molecule has 9 rings (SSSR count). The Hall–Kier alpha value is -6.32. The van der Waals surface area contributed by atoms with Gasteiger partial charge in [0.15, 0.2) is 0 Å². The van der Waals surface area contributed by atoms with Crippen molar-refractivity contribution >= 4 is 28.4 Å². The molecule has 0 amide bonds. The van der Waals surface area contributed by atoms with Gasteiger partial charge in [-0.1, -0.05) is 109 Å². The summed E-state index contributed by atoms with van der Waals surface area (Å²) in [6, 6.07) is 62.4. The number of allylic oxidation sites excluding steroid dienone is 1. The molecule has 0 fully saturated rings. The number of ether oxygens (including phenoxy) is 1. The van der Waals surface area contributed by atoms with E-state index in [0.717, 1.165) is 51.1 Å². The van der Waals surface area contributed by atoms with Crippen LogP contribution in [-0.4, -0.2) is 0 Å². The molecule has 0 saturated heterocycles. The smallest absolute Gasteiger partial charge is 0.132 e. The van der Waals surface area contributed by atoms with Gasteiger partial charge in [-0.3, -0.25) is 0 Å². The third kappa shape index (κ3) is 5.34. The zero-order valence-corrected chi connectivity index (χ0v) is 28.3. The van der Waals surface area contributed by atoms with Crippen LogP contribution in [0.3, 0.4) is 0 Å². The summed E-state index contributed by atoms with van der Waals surface area (Å²) in [5, 5.41) is 3.66. The molecule has 50 heavy (non-hydrogen) atoms. The summed E-state index contributed by atoms with van der Waals surface area (Å²) >= 11 is 0. The average Bonchev–Trinajstić information content (AvgIpc) is 3.42. The first-order chi connectivity index (χ1) is 24.5. The van der Waals surface area contributed by atoms with E-state index in [4.69, 9.17) is 4.74 Å². The topological polar surface area (TPSA) is 24.5 Å². The van der Waals surface area contributed by atoms with Crippen molar-refractivity contribution in [2.75, 3.05) is 10.2 Å². The standard InChI is InChI=1S/C43H30N2O.C4H8/c1-4-14-30(15-5-1)44-31-24-26-35-36-27-25-34(45(32-16-6-2-7-17-32)33-18-8-3-9-19-33)29-40(36)43(39(35)28-31)37-20-10-12-22-41(37)46-42-23-13-11-21-38(42)43;1-4(2)3/h1-29,44H;1H2,2-3H3. The molecule has 7 aromatic rings. The van der Waals surface area contributed by atoms with Crippen molar-refractivity contribution in [1.82, 2.24) is 0 Å². The number of anilines is 5. The van der Waals surface area contributed by atoms with Gasteiger partial charge in [-0.25, -0.2) is 0 Å². The molecular formula is C47H38N2O. The Kier molecular flexibility index (Phi) is 8.02. The zero-order chi connectivity index (χ0) is 34.1. The molecule has 242 valence electrons. The van der Waals surface area contributed by atoms with E-state index in [9.17, 15) is 0 Å². The van der Waals surface area contributed by atoms with Gasteiger partial charge in [-0.05, 0) is 109 Å². The van der Waals surface area contributed by atoms with Crippen molar-refractivity contribution in [2.45, 2.75) is 19.3 Å². The highest BCUT2D eigenvalue weighted by Gasteiger charge is 2.51. The molecule has 0 atom stereocenters. The van der Waals surface area contributed by atoms with Crippen LogP contribution in [-0.2, 0) is 5.41 Å². The molecule has 3 heteroatoms. The van der Waals surface area contributed by atoms with Gasteiger partial charge >= 0.3 is 0 Å². The summed E-state index contributed by atoms with van der Waals surface area (Å²) in [6.07, 6.45) is 0. The Morgan fingerprint density at radius 1 is 0.480 bits per heavy atom. The maximum absolute atomic E-state index is 6.61. The second-order valence-electron chi connectivity index (χ2n) is 13.0. The molecular weight excluding hydrogens is 609 g/mol. The van der Waals surface area contributed by atoms with Crippen LogP contribution in [0.1, 0.15) is 36.1 Å². The average molecular weight is 647 g/mol. The number of nitrogens with zero attached hydrogens (tertiary/aromatic N) is 1. The van der Waals surface area contributed by atoms with Gasteiger partial charge in [-0.15, -0.1) is 6.58 Å². The number of nitrogens with one attached hydrogen (secondary N) is 1. The van der Waals surface area contributed by atoms with E-state index in [0.29, 0.717) is 0 Å². The van der Waals surface area contributed by atoms with Crippen LogP contribution in [0.4, 0.5) is 28.4 Å². The van der Waals surface area contributed by atoms with Crippen LogP contribution in [0.2, 0.25) is 0 Å². The highest BCUT2D eigenvalue weighted by atomic mass is 16.5. The molecule has 1 aliphatic carbocycles. The van der Waals surface area contributed by atoms with Crippen LogP contribution >= 0.6 is 0 Å². The van der Waals surface area contributed by atoms with Crippen molar-refractivity contribution in [3.8, 4) is 22.6 Å². The third-order valence-corrected chi connectivity index (χ3v) is 9.27. The first kappa shape index (κ1) is 31.0. The molecule has 0 aromatic heterocycles. The highest BCUT2D eigenvalue weighted by Crippen LogP contribution is 2.63. The van der Waals surface area contributed by atoms with Crippen LogP contribution in [0.15, 0.2) is 188 Å². The minimum absolute atomic E-state index is 0.584. The first-order valence-corrected chi connectivity index (χ1v) is 17.0. The normalized spacial score (nSPS) is 12.6. The fourth-order valence-electron chi connectivity index (χ4n) is 7.39. The van der Waals surface area contributed by atoms with E-state index in [2.05, 4.69) is 187 Å². The minimum Gasteiger partial charge on any atom is -0.457 e. The summed E-state index contributed by atoms with van der Waals surface area (Å²) in [7, 11) is 0. The maximum atomic E-state index is 6.61. The van der Waals surface area contributed by atoms with Gasteiger partial charge in [0.25, 0.3) is 0 Å². The quantitative estimate of drug-likeness (QED) is 0.188. The van der Waals surface area contributed by atoms with Gasteiger partial charge in [0.2, 0.25) is 0 Å². The van der Waals surface area contributed by atoms with Crippen molar-refractivity contribution in [3.63, 3.8) is 0 Å². The Labute approximate surface area is 294 Å². The van der Waals surface area contributed by atoms with Crippen LogP contribution in [0.5, 0.6) is 11.5 Å². The van der Waals surface area contributed by atoms with Crippen LogP contribution < -0.4 is 15.0 Å². The molecule has 2 aliphatic rings. The van der Waals surface area contributed by atoms with E-state index in [1.54, 1.807) is 0 Å². The monoisotopic (exact) mass is 646 g/mol. The lowest BCUT2D eigenvalue weighted by atomic mass is 9.66. The van der Waals surface area contributed by atoms with Crippen molar-refractivity contribution in [2.24, 2.45) is 0 Å². The predicted molar refractivity (Wildman–Crippen MR) is 209 cm³/mol. The SMILES string of the molecule is C=C(C)C.c1ccc(Nc2ccc3c(c2)C2(c4ccccc4Oc4ccccc42)c2cc(N(c4ccccc4)c4ccccc4)ccc2-3)cc1. The molecule has 1 heterocycles. The lowest BCUT2D eigenvalue weighted by Crippen LogP contribution is -2.32. The lowest BCUT2D eigenvalue weighted by molar-refractivity contribution is 0.436. The number of fused-ring (bicyclic) bond motifs is 9. The minimum atomic E-state index is -0.584. The fourth-order valence-corrected chi connectivity index (χ4v) is 7.39. The number of para-hydroxylation sites is 5. The molecule has 3 nitrogen and oxygen atoms in total. The van der Waals surface area contributed by atoms with Crippen molar-refractivity contribution < 1.29 is 4.74 Å². The molecule has 0 unspecified atom stereocenters. The van der Waals surface area contributed by atoms with Crippen molar-refractivity contribution in [3.05, 3.63) is 210 Å². The molecule has 7 aromatic carbocycles. The summed E-state index contributed by atoms with van der Waals surface area (Å²) in [5.74, 6) is 1.77. The number of rotatable bonds is 5. The molecule has 0 bridgehead atoms. The Balaban J connectivity index is 0.000000859. The molecule has 1 N–H and O–H groups in total. The maximum Gasteiger partial charge on any atom is 0.132 e. The number of benzene rings is 7. The zero-order valence-electron chi connectivity index (χ0n) is 28.3. The van der Waals surface area contributed by atoms with Crippen LogP contribution in [0.25, 0.3) is 11.1 Å². The molecule has 1 aliphatic heterocycles. The highest BCUT2D eigenvalue weighted by molar-refractivity contribution is 5.92. The van der Waals surface area contributed by atoms with E-state index >= 15 is 0 Å². The summed E-state index contributed by atoms with van der Waals surface area (Å²) < 4.78 is 6.61. The van der Waals surface area contributed by atoms with Gasteiger partial charge < -0.3 is 15.0 Å². The fraction of sp³-hybridized carbons (Fsp3) is 0.0638. The van der Waals surface area contributed by atoms with Gasteiger partial charge in [-0.2, -0.15) is 0 Å². The second kappa shape index (κ2) is 12.9. The Morgan fingerprint density at radius 3 is 1.50 bits per heavy atom. The third-order valence-electron chi connectivity index (χ3n) is 9.27.